The fraction of sp³-hybridized carbons (Fsp3) is 0.533. The van der Waals surface area contributed by atoms with Gasteiger partial charge >= 0.3 is 12.2 Å². The fourth-order valence-corrected chi connectivity index (χ4v) is 5.02. The lowest BCUT2D eigenvalue weighted by molar-refractivity contribution is -0.132. The zero-order chi connectivity index (χ0) is 30.4. The molecule has 0 radical (unpaired) electrons. The summed E-state index contributed by atoms with van der Waals surface area (Å²) >= 11 is 0. The van der Waals surface area contributed by atoms with E-state index in [9.17, 15) is 18.8 Å². The molecule has 2 aliphatic rings. The summed E-state index contributed by atoms with van der Waals surface area (Å²) in [6.07, 6.45) is 0.263. The van der Waals surface area contributed by atoms with Gasteiger partial charge in [-0.25, -0.2) is 18.4 Å². The van der Waals surface area contributed by atoms with Gasteiger partial charge in [-0.2, -0.15) is 0 Å². The number of amides is 3. The molecule has 0 unspecified atom stereocenters. The number of likely N-dealkylation sites (tertiary alicyclic amines) is 2. The number of carbonyl (C=O) groups excluding carboxylic acids is 2. The predicted molar refractivity (Wildman–Crippen MR) is 150 cm³/mol. The Labute approximate surface area is 244 Å². The van der Waals surface area contributed by atoms with Gasteiger partial charge in [0.15, 0.2) is 0 Å². The Balaban J connectivity index is 1.39. The summed E-state index contributed by atoms with van der Waals surface area (Å²) in [5.74, 6) is -0.250. The van der Waals surface area contributed by atoms with E-state index in [1.54, 1.807) is 51.2 Å². The number of piperidine rings is 1. The van der Waals surface area contributed by atoms with Crippen molar-refractivity contribution in [3.8, 4) is 17.0 Å². The molecule has 3 heterocycles. The maximum Gasteiger partial charge on any atom is 0.408 e. The molecule has 42 heavy (non-hydrogen) atoms. The number of nitrogens with one attached hydrogen (secondary N) is 1. The average Bonchev–Trinajstić information content (AvgIpc) is 3.37. The number of benzene rings is 1. The van der Waals surface area contributed by atoms with Crippen LogP contribution in [0, 0.1) is 11.7 Å². The Morgan fingerprint density at radius 2 is 1.81 bits per heavy atom. The summed E-state index contributed by atoms with van der Waals surface area (Å²) in [7, 11) is 0. The Kier molecular flexibility index (Phi) is 9.85. The predicted octanol–water partition coefficient (Wildman–Crippen LogP) is 4.66. The van der Waals surface area contributed by atoms with Crippen molar-refractivity contribution in [2.45, 2.75) is 64.3 Å². The summed E-state index contributed by atoms with van der Waals surface area (Å²) in [4.78, 5) is 43.8. The van der Waals surface area contributed by atoms with E-state index in [4.69, 9.17) is 14.6 Å². The Morgan fingerprint density at radius 3 is 2.38 bits per heavy atom. The van der Waals surface area contributed by atoms with E-state index in [1.807, 2.05) is 0 Å². The largest absolute Gasteiger partial charge is 0.492 e. The topological polar surface area (TPSA) is 121 Å². The van der Waals surface area contributed by atoms with Crippen molar-refractivity contribution in [3.63, 3.8) is 0 Å². The van der Waals surface area contributed by atoms with Gasteiger partial charge in [-0.15, -0.1) is 0 Å². The van der Waals surface area contributed by atoms with E-state index in [0.717, 1.165) is 12.8 Å². The second kappa shape index (κ2) is 13.3. The van der Waals surface area contributed by atoms with Crippen LogP contribution in [-0.4, -0.2) is 88.6 Å². The van der Waals surface area contributed by atoms with Gasteiger partial charge in [0.05, 0.1) is 25.0 Å². The number of alkyl halides is 1. The van der Waals surface area contributed by atoms with Crippen molar-refractivity contribution in [1.82, 2.24) is 20.1 Å². The third-order valence-corrected chi connectivity index (χ3v) is 7.31. The molecule has 12 heteroatoms. The molecular formula is C30H38F2N4O6. The molecule has 2 atom stereocenters. The second-order valence-electron chi connectivity index (χ2n) is 11.8. The Bertz CT molecular complexity index is 1260. The van der Waals surface area contributed by atoms with Crippen LogP contribution in [0.3, 0.4) is 0 Å². The zero-order valence-corrected chi connectivity index (χ0v) is 24.1. The number of alkyl carbamates (subject to hydrolysis) is 1. The number of ether oxygens (including phenoxy) is 2. The van der Waals surface area contributed by atoms with Gasteiger partial charge in [-0.05, 0) is 69.7 Å². The Morgan fingerprint density at radius 1 is 1.10 bits per heavy atom. The van der Waals surface area contributed by atoms with Crippen molar-refractivity contribution in [2.75, 3.05) is 32.8 Å². The minimum Gasteiger partial charge on any atom is -0.492 e. The molecule has 0 bridgehead atoms. The van der Waals surface area contributed by atoms with Crippen LogP contribution in [0.15, 0.2) is 36.5 Å². The SMILES string of the molecule is CC(C)(C)OC(=O)N[C@@H](Cc1ccc(-c2ccc(OCC3CCN(C(=O)O)CC3)cn2)cc1F)C(=O)N1CC[C@H](F)C1. The van der Waals surface area contributed by atoms with E-state index >= 15 is 4.39 Å². The molecular weight excluding hydrogens is 550 g/mol. The number of pyridine rings is 1. The van der Waals surface area contributed by atoms with Gasteiger partial charge in [0.25, 0.3) is 0 Å². The molecule has 1 aromatic carbocycles. The average molecular weight is 589 g/mol. The van der Waals surface area contributed by atoms with Gasteiger partial charge < -0.3 is 29.7 Å². The van der Waals surface area contributed by atoms with Crippen LogP contribution in [-0.2, 0) is 16.0 Å². The highest BCUT2D eigenvalue weighted by Crippen LogP contribution is 2.25. The number of hydrogen-bond donors (Lipinski definition) is 2. The van der Waals surface area contributed by atoms with E-state index in [1.165, 1.54) is 15.9 Å². The van der Waals surface area contributed by atoms with Crippen LogP contribution in [0.25, 0.3) is 11.3 Å². The molecule has 228 valence electrons. The molecule has 4 rings (SSSR count). The number of halogens is 2. The first-order chi connectivity index (χ1) is 19.9. The summed E-state index contributed by atoms with van der Waals surface area (Å²) < 4.78 is 40.2. The lowest BCUT2D eigenvalue weighted by atomic mass is 9.98. The van der Waals surface area contributed by atoms with E-state index in [0.29, 0.717) is 36.7 Å². The van der Waals surface area contributed by atoms with E-state index in [-0.39, 0.29) is 37.4 Å². The monoisotopic (exact) mass is 588 g/mol. The van der Waals surface area contributed by atoms with Crippen LogP contribution in [0.2, 0.25) is 0 Å². The minimum atomic E-state index is -1.13. The highest BCUT2D eigenvalue weighted by molar-refractivity contribution is 5.86. The first-order valence-corrected chi connectivity index (χ1v) is 14.2. The standard InChI is InChI=1S/C30H38F2N4O6/c1-30(2,3)42-28(38)34-26(27(37)36-13-10-22(31)17-36)15-20-4-5-21(14-24(20)32)25-7-6-23(16-33-25)41-18-19-8-11-35(12-9-19)29(39)40/h4-7,14,16,19,22,26H,8-13,15,17-18H2,1-3H3,(H,34,38)(H,39,40)/t22-,26-/m0/s1. The molecule has 2 saturated heterocycles. The van der Waals surface area contributed by atoms with Gasteiger partial charge in [0.1, 0.15) is 29.4 Å². The highest BCUT2D eigenvalue weighted by atomic mass is 19.1. The van der Waals surface area contributed by atoms with Crippen LogP contribution in [0.5, 0.6) is 5.75 Å². The number of rotatable bonds is 8. The summed E-state index contributed by atoms with van der Waals surface area (Å²) in [5, 5.41) is 11.6. The van der Waals surface area contributed by atoms with Crippen LogP contribution < -0.4 is 10.1 Å². The smallest absolute Gasteiger partial charge is 0.408 e. The van der Waals surface area contributed by atoms with Crippen LogP contribution in [0.4, 0.5) is 18.4 Å². The lowest BCUT2D eigenvalue weighted by Gasteiger charge is -2.29. The summed E-state index contributed by atoms with van der Waals surface area (Å²) in [5.41, 5.74) is 0.452. The number of hydrogen-bond acceptors (Lipinski definition) is 6. The van der Waals surface area contributed by atoms with Crippen LogP contribution >= 0.6 is 0 Å². The Hall–Kier alpha value is -3.96. The third-order valence-electron chi connectivity index (χ3n) is 7.31. The third kappa shape index (κ3) is 8.53. The first-order valence-electron chi connectivity index (χ1n) is 14.2. The maximum atomic E-state index is 15.3. The summed E-state index contributed by atoms with van der Waals surface area (Å²) in [6.45, 7) is 6.67. The molecule has 0 aliphatic carbocycles. The molecule has 0 saturated carbocycles. The molecule has 0 spiro atoms. The maximum absolute atomic E-state index is 15.3. The quantitative estimate of drug-likeness (QED) is 0.460. The summed E-state index contributed by atoms with van der Waals surface area (Å²) in [6, 6.07) is 6.87. The van der Waals surface area contributed by atoms with Gasteiger partial charge in [0.2, 0.25) is 5.91 Å². The molecule has 10 nitrogen and oxygen atoms in total. The zero-order valence-electron chi connectivity index (χ0n) is 24.1. The minimum absolute atomic E-state index is 0.0673. The molecule has 2 aromatic rings. The van der Waals surface area contributed by atoms with Gasteiger partial charge in [-0.3, -0.25) is 9.78 Å². The molecule has 3 amide bonds. The lowest BCUT2D eigenvalue weighted by Crippen LogP contribution is -2.50. The first kappa shape index (κ1) is 31.0. The number of nitrogens with zero attached hydrogens (tertiary/aromatic N) is 3. The number of carboxylic acid groups (broad SMARTS) is 1. The second-order valence-corrected chi connectivity index (χ2v) is 11.8. The van der Waals surface area contributed by atoms with Crippen LogP contribution in [0.1, 0.15) is 45.6 Å². The van der Waals surface area contributed by atoms with E-state index in [2.05, 4.69) is 10.3 Å². The molecule has 2 N–H and O–H groups in total. The van der Waals surface area contributed by atoms with Crippen molar-refractivity contribution in [2.24, 2.45) is 5.92 Å². The molecule has 2 aliphatic heterocycles. The van der Waals surface area contributed by atoms with Crippen molar-refractivity contribution >= 4 is 18.1 Å². The van der Waals surface area contributed by atoms with E-state index < -0.39 is 41.7 Å². The number of carbonyl (C=O) groups is 3. The van der Waals surface area contributed by atoms with Gasteiger partial charge in [-0.1, -0.05) is 12.1 Å². The van der Waals surface area contributed by atoms with Crippen molar-refractivity contribution < 1.29 is 37.7 Å². The molecule has 1 aromatic heterocycles. The normalized spacial score (nSPS) is 18.5. The van der Waals surface area contributed by atoms with Crippen molar-refractivity contribution in [1.29, 1.82) is 0 Å². The van der Waals surface area contributed by atoms with Crippen molar-refractivity contribution in [3.05, 3.63) is 47.9 Å². The number of aromatic nitrogens is 1. The fourth-order valence-electron chi connectivity index (χ4n) is 5.02. The van der Waals surface area contributed by atoms with Gasteiger partial charge in [0, 0.05) is 31.6 Å². The highest BCUT2D eigenvalue weighted by Gasteiger charge is 2.33. The molecule has 2 fully saturated rings.